The van der Waals surface area contributed by atoms with Gasteiger partial charge in [-0.25, -0.2) is 0 Å². The second-order valence-corrected chi connectivity index (χ2v) is 10.0. The van der Waals surface area contributed by atoms with E-state index in [1.807, 2.05) is 24.3 Å². The molecule has 0 radical (unpaired) electrons. The lowest BCUT2D eigenvalue weighted by atomic mass is 10.1. The summed E-state index contributed by atoms with van der Waals surface area (Å²) in [6, 6.07) is 7.81. The second kappa shape index (κ2) is 4.61. The van der Waals surface area contributed by atoms with Crippen molar-refractivity contribution in [2.45, 2.75) is 5.75 Å². The zero-order valence-electron chi connectivity index (χ0n) is 6.84. The van der Waals surface area contributed by atoms with E-state index in [2.05, 4.69) is 6.58 Å². The first kappa shape index (κ1) is 11.3. The van der Waals surface area contributed by atoms with Crippen LogP contribution in [0.5, 0.6) is 0 Å². The monoisotopic (exact) mass is 254 g/mol. The van der Waals surface area contributed by atoms with Gasteiger partial charge in [-0.3, -0.25) is 0 Å². The molecule has 0 N–H and O–H groups in total. The molecule has 1 aromatic carbocycles. The molecule has 0 amide bonds. The Morgan fingerprint density at radius 2 is 1.69 bits per heavy atom. The fourth-order valence-electron chi connectivity index (χ4n) is 0.939. The Morgan fingerprint density at radius 1 is 1.15 bits per heavy atom. The molecular weight excluding hydrogens is 247 g/mol. The summed E-state index contributed by atoms with van der Waals surface area (Å²) in [5.41, 5.74) is 2.11. The van der Waals surface area contributed by atoms with Crippen LogP contribution in [0.3, 0.4) is 0 Å². The van der Waals surface area contributed by atoms with Gasteiger partial charge in [-0.2, -0.15) is 0 Å². The third-order valence-corrected chi connectivity index (χ3v) is 3.19. The van der Waals surface area contributed by atoms with Crippen LogP contribution in [-0.4, -0.2) is 0 Å². The number of hydrogen-bond donors (Lipinski definition) is 0. The van der Waals surface area contributed by atoms with Crippen molar-refractivity contribution in [2.75, 3.05) is 0 Å². The molecule has 0 aliphatic carbocycles. The van der Waals surface area contributed by atoms with E-state index in [0.29, 0.717) is 5.75 Å². The zero-order chi connectivity index (χ0) is 9.90. The van der Waals surface area contributed by atoms with E-state index in [4.69, 9.17) is 32.0 Å². The Kier molecular flexibility index (Phi) is 3.99. The van der Waals surface area contributed by atoms with Crippen LogP contribution in [0.2, 0.25) is 0 Å². The summed E-state index contributed by atoms with van der Waals surface area (Å²) in [5.74, 6) is 0.509. The van der Waals surface area contributed by atoms with Crippen molar-refractivity contribution >= 4 is 45.8 Å². The van der Waals surface area contributed by atoms with Gasteiger partial charge < -0.3 is 0 Å². The SMILES string of the molecule is C=Cc1ccc(CS(Cl)(Cl)Cl)cc1. The van der Waals surface area contributed by atoms with Crippen LogP contribution >= 0.6 is 39.7 Å². The largest absolute Gasteiger partial charge is 0.0985 e. The third kappa shape index (κ3) is 4.28. The van der Waals surface area contributed by atoms with Crippen molar-refractivity contribution in [3.63, 3.8) is 0 Å². The van der Waals surface area contributed by atoms with Crippen LogP contribution in [0.15, 0.2) is 30.8 Å². The summed E-state index contributed by atoms with van der Waals surface area (Å²) < 4.78 is 0. The average Bonchev–Trinajstić information content (AvgIpc) is 2.03. The minimum atomic E-state index is -2.01. The van der Waals surface area contributed by atoms with E-state index < -0.39 is 7.67 Å². The van der Waals surface area contributed by atoms with Crippen LogP contribution in [0, 0.1) is 0 Å². The molecule has 0 aromatic heterocycles. The second-order valence-electron chi connectivity index (χ2n) is 2.59. The van der Waals surface area contributed by atoms with Gasteiger partial charge in [0.15, 0.2) is 0 Å². The van der Waals surface area contributed by atoms with Crippen LogP contribution in [-0.2, 0) is 5.75 Å². The normalized spacial score (nSPS) is 12.5. The molecule has 0 bridgehead atoms. The van der Waals surface area contributed by atoms with Gasteiger partial charge in [0.25, 0.3) is 0 Å². The molecule has 0 unspecified atom stereocenters. The zero-order valence-corrected chi connectivity index (χ0v) is 9.93. The highest BCUT2D eigenvalue weighted by Gasteiger charge is 2.13. The van der Waals surface area contributed by atoms with Crippen molar-refractivity contribution < 1.29 is 0 Å². The molecule has 0 heterocycles. The van der Waals surface area contributed by atoms with E-state index in [9.17, 15) is 0 Å². The van der Waals surface area contributed by atoms with Gasteiger partial charge in [0.2, 0.25) is 0 Å². The minimum Gasteiger partial charge on any atom is -0.0985 e. The molecule has 0 fully saturated rings. The molecule has 0 atom stereocenters. The molecule has 1 aromatic rings. The molecule has 0 saturated carbocycles. The summed E-state index contributed by atoms with van der Waals surface area (Å²) in [6.45, 7) is 3.66. The molecule has 0 saturated heterocycles. The first-order valence-electron chi connectivity index (χ1n) is 3.62. The van der Waals surface area contributed by atoms with Crippen molar-refractivity contribution in [1.29, 1.82) is 0 Å². The van der Waals surface area contributed by atoms with Crippen molar-refractivity contribution in [1.82, 2.24) is 0 Å². The number of rotatable bonds is 3. The number of halogens is 3. The standard InChI is InChI=1S/C9H9Cl3S/c1-2-8-3-5-9(6-4-8)7-13(10,11)12/h2-6H,1,7H2. The predicted octanol–water partition coefficient (Wildman–Crippen LogP) is 5.10. The summed E-state index contributed by atoms with van der Waals surface area (Å²) in [6.07, 6.45) is 1.78. The predicted molar refractivity (Wildman–Crippen MR) is 65.4 cm³/mol. The van der Waals surface area contributed by atoms with Crippen LogP contribution in [0.4, 0.5) is 0 Å². The average molecular weight is 256 g/mol. The Hall–Kier alpha value is 0.180. The van der Waals surface area contributed by atoms with Gasteiger partial charge in [0.05, 0.1) is 0 Å². The van der Waals surface area contributed by atoms with Crippen molar-refractivity contribution in [2.24, 2.45) is 0 Å². The van der Waals surface area contributed by atoms with Gasteiger partial charge in [-0.15, -0.1) is 0 Å². The fourth-order valence-corrected chi connectivity index (χ4v) is 2.64. The number of hydrogen-bond acceptors (Lipinski definition) is 0. The van der Waals surface area contributed by atoms with Gasteiger partial charge in [-0.1, -0.05) is 36.9 Å². The molecular formula is C9H9Cl3S. The van der Waals surface area contributed by atoms with Gasteiger partial charge >= 0.3 is 0 Å². The first-order chi connectivity index (χ1) is 6.01. The molecule has 0 spiro atoms. The highest BCUT2D eigenvalue weighted by molar-refractivity contribution is 8.78. The number of benzene rings is 1. The van der Waals surface area contributed by atoms with E-state index >= 15 is 0 Å². The quantitative estimate of drug-likeness (QED) is 0.705. The lowest BCUT2D eigenvalue weighted by molar-refractivity contribution is 1.41. The van der Waals surface area contributed by atoms with Crippen LogP contribution in [0.25, 0.3) is 6.08 Å². The highest BCUT2D eigenvalue weighted by atomic mass is 36.2. The Morgan fingerprint density at radius 3 is 2.08 bits per heavy atom. The molecule has 1 rings (SSSR count). The molecule has 0 aliphatic rings. The summed E-state index contributed by atoms with van der Waals surface area (Å²) in [4.78, 5) is 0. The van der Waals surface area contributed by atoms with E-state index in [1.54, 1.807) is 6.08 Å². The van der Waals surface area contributed by atoms with Crippen LogP contribution < -0.4 is 0 Å². The molecule has 13 heavy (non-hydrogen) atoms. The maximum atomic E-state index is 5.74. The first-order valence-corrected chi connectivity index (χ1v) is 7.90. The van der Waals surface area contributed by atoms with Gasteiger partial charge in [0, 0.05) is 5.75 Å². The highest BCUT2D eigenvalue weighted by Crippen LogP contribution is 2.65. The van der Waals surface area contributed by atoms with Crippen molar-refractivity contribution in [3.05, 3.63) is 42.0 Å². The topological polar surface area (TPSA) is 0 Å². The maximum Gasteiger partial charge on any atom is 0.0415 e. The smallest absolute Gasteiger partial charge is 0.0415 e. The molecule has 0 nitrogen and oxygen atoms in total. The molecule has 72 valence electrons. The summed E-state index contributed by atoms with van der Waals surface area (Å²) in [7, 11) is 15.2. The molecule has 4 heteroatoms. The Labute approximate surface area is 93.3 Å². The lowest BCUT2D eigenvalue weighted by Gasteiger charge is -2.14. The van der Waals surface area contributed by atoms with Gasteiger partial charge in [0.1, 0.15) is 0 Å². The minimum absolute atomic E-state index is 0.509. The van der Waals surface area contributed by atoms with E-state index in [1.165, 1.54) is 0 Å². The summed E-state index contributed by atoms with van der Waals surface area (Å²) in [5, 5.41) is 0. The Balaban J connectivity index is 2.75. The summed E-state index contributed by atoms with van der Waals surface area (Å²) >= 11 is 0. The lowest BCUT2D eigenvalue weighted by Crippen LogP contribution is -1.83. The fraction of sp³-hybridized carbons (Fsp3) is 0.111. The maximum absolute atomic E-state index is 5.74. The Bertz CT molecular complexity index is 287. The van der Waals surface area contributed by atoms with Crippen molar-refractivity contribution in [3.8, 4) is 0 Å². The van der Waals surface area contributed by atoms with Gasteiger partial charge in [-0.05, 0) is 50.8 Å². The van der Waals surface area contributed by atoms with E-state index in [0.717, 1.165) is 11.1 Å². The van der Waals surface area contributed by atoms with Crippen LogP contribution in [0.1, 0.15) is 11.1 Å². The third-order valence-electron chi connectivity index (χ3n) is 1.55. The molecule has 0 aliphatic heterocycles. The van der Waals surface area contributed by atoms with E-state index in [-0.39, 0.29) is 0 Å².